The van der Waals surface area contributed by atoms with Crippen LogP contribution < -0.4 is 4.74 Å². The maximum Gasteiger partial charge on any atom is 0.344 e. The molecule has 0 saturated carbocycles. The fourth-order valence-corrected chi connectivity index (χ4v) is 1.55. The van der Waals surface area contributed by atoms with Crippen molar-refractivity contribution in [2.45, 2.75) is 46.1 Å². The second-order valence-electron chi connectivity index (χ2n) is 5.27. The van der Waals surface area contributed by atoms with E-state index in [-0.39, 0.29) is 12.6 Å². The third kappa shape index (κ3) is 5.71. The van der Waals surface area contributed by atoms with Crippen molar-refractivity contribution in [3.8, 4) is 5.75 Å². The van der Waals surface area contributed by atoms with Crippen LogP contribution in [0.5, 0.6) is 5.75 Å². The Kier molecular flexibility index (Phi) is 5.20. The molecule has 0 heterocycles. The molecule has 0 aromatic heterocycles. The molecule has 0 radical (unpaired) electrons. The lowest BCUT2D eigenvalue weighted by Gasteiger charge is -2.19. The summed E-state index contributed by atoms with van der Waals surface area (Å²) in [7, 11) is 0. The van der Waals surface area contributed by atoms with Crippen LogP contribution in [0.3, 0.4) is 0 Å². The summed E-state index contributed by atoms with van der Waals surface area (Å²) in [5.41, 5.74) is 0.813. The minimum absolute atomic E-state index is 0.0512. The number of carbonyl (C=O) groups excluding carboxylic acids is 1. The zero-order chi connectivity index (χ0) is 13.6. The topological polar surface area (TPSA) is 35.5 Å². The highest BCUT2D eigenvalue weighted by Crippen LogP contribution is 2.14. The van der Waals surface area contributed by atoms with Gasteiger partial charge in [0, 0.05) is 0 Å². The normalized spacial score (nSPS) is 11.1. The molecule has 100 valence electrons. The first-order valence-corrected chi connectivity index (χ1v) is 6.34. The zero-order valence-corrected chi connectivity index (χ0v) is 11.7. The van der Waals surface area contributed by atoms with E-state index in [1.165, 1.54) is 5.56 Å². The van der Waals surface area contributed by atoms with Gasteiger partial charge in [0.1, 0.15) is 11.4 Å². The van der Waals surface area contributed by atoms with Crippen molar-refractivity contribution >= 4 is 5.97 Å². The summed E-state index contributed by atoms with van der Waals surface area (Å²) in [4.78, 5) is 11.5. The molecule has 0 aliphatic rings. The van der Waals surface area contributed by atoms with E-state index in [0.717, 1.165) is 12.8 Å². The molecule has 0 saturated heterocycles. The van der Waals surface area contributed by atoms with Gasteiger partial charge in [-0.1, -0.05) is 25.5 Å². The number of aryl methyl sites for hydroxylation is 1. The summed E-state index contributed by atoms with van der Waals surface area (Å²) in [6.45, 7) is 7.61. The van der Waals surface area contributed by atoms with Gasteiger partial charge >= 0.3 is 5.97 Å². The highest BCUT2D eigenvalue weighted by Gasteiger charge is 2.16. The molecule has 1 aromatic carbocycles. The van der Waals surface area contributed by atoms with Gasteiger partial charge < -0.3 is 9.47 Å². The average molecular weight is 250 g/mol. The van der Waals surface area contributed by atoms with Crippen molar-refractivity contribution in [1.82, 2.24) is 0 Å². The Morgan fingerprint density at radius 2 is 1.78 bits per heavy atom. The van der Waals surface area contributed by atoms with Gasteiger partial charge in [-0.25, -0.2) is 4.79 Å². The van der Waals surface area contributed by atoms with E-state index < -0.39 is 5.60 Å². The van der Waals surface area contributed by atoms with Crippen LogP contribution in [-0.4, -0.2) is 18.2 Å². The van der Waals surface area contributed by atoms with E-state index in [1.807, 2.05) is 45.0 Å². The maximum atomic E-state index is 11.5. The number of benzene rings is 1. The van der Waals surface area contributed by atoms with Crippen LogP contribution in [0.4, 0.5) is 0 Å². The predicted octanol–water partition coefficient (Wildman–Crippen LogP) is 3.36. The molecule has 0 amide bonds. The lowest BCUT2D eigenvalue weighted by molar-refractivity contribution is -0.157. The molecule has 0 unspecified atom stereocenters. The molecule has 0 atom stereocenters. The molecule has 3 heteroatoms. The van der Waals surface area contributed by atoms with E-state index in [1.54, 1.807) is 0 Å². The minimum Gasteiger partial charge on any atom is -0.482 e. The van der Waals surface area contributed by atoms with E-state index in [9.17, 15) is 4.79 Å². The van der Waals surface area contributed by atoms with Crippen LogP contribution in [0.25, 0.3) is 0 Å². The Morgan fingerprint density at radius 1 is 1.17 bits per heavy atom. The number of hydrogen-bond donors (Lipinski definition) is 0. The first-order chi connectivity index (χ1) is 8.40. The third-order valence-electron chi connectivity index (χ3n) is 2.24. The number of esters is 1. The molecular formula is C15H22O3. The second kappa shape index (κ2) is 6.43. The Labute approximate surface area is 109 Å². The number of carbonyl (C=O) groups is 1. The quantitative estimate of drug-likeness (QED) is 0.752. The Balaban J connectivity index is 2.41. The van der Waals surface area contributed by atoms with Gasteiger partial charge in [-0.15, -0.1) is 0 Å². The fourth-order valence-electron chi connectivity index (χ4n) is 1.55. The van der Waals surface area contributed by atoms with Gasteiger partial charge in [-0.3, -0.25) is 0 Å². The van der Waals surface area contributed by atoms with Crippen LogP contribution in [0.2, 0.25) is 0 Å². The maximum absolute atomic E-state index is 11.5. The summed E-state index contributed by atoms with van der Waals surface area (Å²) in [5.74, 6) is 0.348. The van der Waals surface area contributed by atoms with Gasteiger partial charge in [0.05, 0.1) is 0 Å². The van der Waals surface area contributed by atoms with Crippen molar-refractivity contribution in [3.05, 3.63) is 29.8 Å². The molecule has 1 aromatic rings. The van der Waals surface area contributed by atoms with E-state index >= 15 is 0 Å². The van der Waals surface area contributed by atoms with E-state index in [4.69, 9.17) is 9.47 Å². The van der Waals surface area contributed by atoms with Crippen LogP contribution in [-0.2, 0) is 16.0 Å². The van der Waals surface area contributed by atoms with Crippen molar-refractivity contribution in [3.63, 3.8) is 0 Å². The first-order valence-electron chi connectivity index (χ1n) is 6.34. The van der Waals surface area contributed by atoms with Crippen molar-refractivity contribution < 1.29 is 14.3 Å². The summed E-state index contributed by atoms with van der Waals surface area (Å²) >= 11 is 0. The van der Waals surface area contributed by atoms with Gasteiger partial charge in [0.2, 0.25) is 0 Å². The largest absolute Gasteiger partial charge is 0.482 e. The molecule has 18 heavy (non-hydrogen) atoms. The highest BCUT2D eigenvalue weighted by molar-refractivity contribution is 5.71. The smallest absolute Gasteiger partial charge is 0.344 e. The molecule has 0 aliphatic heterocycles. The Morgan fingerprint density at radius 3 is 2.28 bits per heavy atom. The molecule has 0 fully saturated rings. The van der Waals surface area contributed by atoms with Crippen molar-refractivity contribution in [1.29, 1.82) is 0 Å². The molecule has 3 nitrogen and oxygen atoms in total. The monoisotopic (exact) mass is 250 g/mol. The number of hydrogen-bond acceptors (Lipinski definition) is 3. The Bertz CT molecular complexity index is 374. The van der Waals surface area contributed by atoms with Gasteiger partial charge in [-0.05, 0) is 44.9 Å². The zero-order valence-electron chi connectivity index (χ0n) is 11.7. The van der Waals surface area contributed by atoms with Crippen LogP contribution in [0.15, 0.2) is 24.3 Å². The standard InChI is InChI=1S/C15H22O3/c1-5-6-12-7-9-13(10-8-12)17-11-14(16)18-15(2,3)4/h7-10H,5-6,11H2,1-4H3. The highest BCUT2D eigenvalue weighted by atomic mass is 16.6. The van der Waals surface area contributed by atoms with Crippen molar-refractivity contribution in [2.75, 3.05) is 6.61 Å². The summed E-state index contributed by atoms with van der Waals surface area (Å²) in [5, 5.41) is 0. The fraction of sp³-hybridized carbons (Fsp3) is 0.533. The lowest BCUT2D eigenvalue weighted by Crippen LogP contribution is -2.27. The molecule has 0 aliphatic carbocycles. The SMILES string of the molecule is CCCc1ccc(OCC(=O)OC(C)(C)C)cc1. The lowest BCUT2D eigenvalue weighted by atomic mass is 10.1. The summed E-state index contributed by atoms with van der Waals surface area (Å²) in [6.07, 6.45) is 2.18. The second-order valence-corrected chi connectivity index (χ2v) is 5.27. The van der Waals surface area contributed by atoms with Gasteiger partial charge in [0.25, 0.3) is 0 Å². The molecule has 1 rings (SSSR count). The van der Waals surface area contributed by atoms with Gasteiger partial charge in [0.15, 0.2) is 6.61 Å². The number of ether oxygens (including phenoxy) is 2. The van der Waals surface area contributed by atoms with Crippen LogP contribution in [0.1, 0.15) is 39.7 Å². The summed E-state index contributed by atoms with van der Waals surface area (Å²) in [6, 6.07) is 7.81. The summed E-state index contributed by atoms with van der Waals surface area (Å²) < 4.78 is 10.5. The molecule has 0 spiro atoms. The Hall–Kier alpha value is -1.51. The van der Waals surface area contributed by atoms with E-state index in [0.29, 0.717) is 5.75 Å². The van der Waals surface area contributed by atoms with Crippen LogP contribution >= 0.6 is 0 Å². The minimum atomic E-state index is -0.467. The number of rotatable bonds is 5. The third-order valence-corrected chi connectivity index (χ3v) is 2.24. The van der Waals surface area contributed by atoms with Gasteiger partial charge in [-0.2, -0.15) is 0 Å². The molecule has 0 bridgehead atoms. The van der Waals surface area contributed by atoms with Crippen molar-refractivity contribution in [2.24, 2.45) is 0 Å². The average Bonchev–Trinajstić information content (AvgIpc) is 2.26. The van der Waals surface area contributed by atoms with Crippen LogP contribution in [0, 0.1) is 0 Å². The van der Waals surface area contributed by atoms with E-state index in [2.05, 4.69) is 6.92 Å². The molecule has 0 N–H and O–H groups in total. The first kappa shape index (κ1) is 14.6. The predicted molar refractivity (Wildman–Crippen MR) is 71.8 cm³/mol. The molecular weight excluding hydrogens is 228 g/mol.